The Balaban J connectivity index is 3.58. The lowest BCUT2D eigenvalue weighted by Gasteiger charge is -2.24. The Labute approximate surface area is 98.5 Å². The van der Waals surface area contributed by atoms with Crippen LogP contribution < -0.4 is 5.73 Å². The zero-order valence-corrected chi connectivity index (χ0v) is 10.9. The molecular weight excluding hydrogens is 206 g/mol. The van der Waals surface area contributed by atoms with E-state index in [1.165, 1.54) is 0 Å². The number of esters is 1. The van der Waals surface area contributed by atoms with Crippen molar-refractivity contribution in [3.63, 3.8) is 0 Å². The Morgan fingerprint density at radius 3 is 2.38 bits per heavy atom. The summed E-state index contributed by atoms with van der Waals surface area (Å²) in [7, 11) is 0. The molecule has 0 rings (SSSR count). The minimum atomic E-state index is -0.580. The van der Waals surface area contributed by atoms with Gasteiger partial charge in [-0.15, -0.1) is 0 Å². The maximum Gasteiger partial charge on any atom is 0.323 e. The quantitative estimate of drug-likeness (QED) is 0.535. The molecule has 0 heterocycles. The van der Waals surface area contributed by atoms with Crippen LogP contribution in [0.3, 0.4) is 0 Å². The lowest BCUT2D eigenvalue weighted by atomic mass is 9.87. The van der Waals surface area contributed by atoms with Crippen molar-refractivity contribution in [3.8, 4) is 0 Å². The van der Waals surface area contributed by atoms with E-state index in [1.54, 1.807) is 0 Å². The van der Waals surface area contributed by atoms with Crippen molar-refractivity contribution in [1.82, 2.24) is 0 Å². The third-order valence-corrected chi connectivity index (χ3v) is 2.30. The summed E-state index contributed by atoms with van der Waals surface area (Å²) >= 11 is 0. The van der Waals surface area contributed by atoms with Gasteiger partial charge in [-0.05, 0) is 11.8 Å². The van der Waals surface area contributed by atoms with Crippen LogP contribution in [0, 0.1) is 5.41 Å². The largest absolute Gasteiger partial charge is 0.462 e. The summed E-state index contributed by atoms with van der Waals surface area (Å²) in [6.45, 7) is 9.30. The van der Waals surface area contributed by atoms with Crippen LogP contribution in [-0.4, -0.2) is 31.8 Å². The average molecular weight is 231 g/mol. The molecule has 0 aromatic rings. The molecule has 16 heavy (non-hydrogen) atoms. The molecule has 0 bridgehead atoms. The molecule has 0 unspecified atom stereocenters. The molecular formula is C12H25NO3. The van der Waals surface area contributed by atoms with Gasteiger partial charge in [0.05, 0.1) is 6.61 Å². The van der Waals surface area contributed by atoms with Gasteiger partial charge in [-0.1, -0.05) is 34.1 Å². The van der Waals surface area contributed by atoms with Gasteiger partial charge in [0.25, 0.3) is 0 Å². The second kappa shape index (κ2) is 7.63. The van der Waals surface area contributed by atoms with Crippen LogP contribution in [0.15, 0.2) is 0 Å². The minimum absolute atomic E-state index is 0.264. The van der Waals surface area contributed by atoms with Crippen molar-refractivity contribution in [2.45, 2.75) is 46.6 Å². The summed E-state index contributed by atoms with van der Waals surface area (Å²) in [5, 5.41) is 0. The molecule has 4 nitrogen and oxygen atoms in total. The second-order valence-electron chi connectivity index (χ2n) is 4.98. The van der Waals surface area contributed by atoms with E-state index in [9.17, 15) is 4.79 Å². The van der Waals surface area contributed by atoms with Crippen molar-refractivity contribution >= 4 is 5.97 Å². The van der Waals surface area contributed by atoms with E-state index in [0.29, 0.717) is 6.61 Å². The van der Waals surface area contributed by atoms with Crippen LogP contribution in [0.5, 0.6) is 0 Å². The highest BCUT2D eigenvalue weighted by Crippen LogP contribution is 2.17. The number of rotatable bonds is 7. The van der Waals surface area contributed by atoms with Gasteiger partial charge in [-0.25, -0.2) is 0 Å². The van der Waals surface area contributed by atoms with Gasteiger partial charge in [-0.2, -0.15) is 0 Å². The first-order chi connectivity index (χ1) is 7.39. The summed E-state index contributed by atoms with van der Waals surface area (Å²) in [6, 6.07) is -0.580. The molecule has 0 aliphatic rings. The molecule has 96 valence electrons. The minimum Gasteiger partial charge on any atom is -0.462 e. The smallest absolute Gasteiger partial charge is 0.323 e. The molecule has 4 heteroatoms. The Morgan fingerprint density at radius 1 is 1.25 bits per heavy atom. The molecule has 0 aliphatic heterocycles. The number of carbonyl (C=O) groups excluding carboxylic acids is 1. The SMILES string of the molecule is CCCCOCCOC(=O)[C@H](N)C(C)(C)C. The van der Waals surface area contributed by atoms with Gasteiger partial charge in [0, 0.05) is 6.61 Å². The standard InChI is InChI=1S/C12H25NO3/c1-5-6-7-15-8-9-16-11(14)10(13)12(2,3)4/h10H,5-9,13H2,1-4H3/t10-/m0/s1. The van der Waals surface area contributed by atoms with Crippen molar-refractivity contribution < 1.29 is 14.3 Å². The van der Waals surface area contributed by atoms with Crippen LogP contribution in [0.1, 0.15) is 40.5 Å². The lowest BCUT2D eigenvalue weighted by molar-refractivity contribution is -0.149. The number of hydrogen-bond donors (Lipinski definition) is 1. The predicted octanol–water partition coefficient (Wildman–Crippen LogP) is 1.72. The van der Waals surface area contributed by atoms with Crippen molar-refractivity contribution in [2.75, 3.05) is 19.8 Å². The lowest BCUT2D eigenvalue weighted by Crippen LogP contribution is -2.43. The summed E-state index contributed by atoms with van der Waals surface area (Å²) in [5.74, 6) is -0.355. The molecule has 1 atom stereocenters. The molecule has 0 aromatic carbocycles. The van der Waals surface area contributed by atoms with Gasteiger partial charge < -0.3 is 15.2 Å². The number of unbranched alkanes of at least 4 members (excludes halogenated alkanes) is 1. The fourth-order valence-electron chi connectivity index (χ4n) is 0.993. The first kappa shape index (κ1) is 15.4. The Morgan fingerprint density at radius 2 is 1.88 bits per heavy atom. The molecule has 0 amide bonds. The number of hydrogen-bond acceptors (Lipinski definition) is 4. The van der Waals surface area contributed by atoms with E-state index in [0.717, 1.165) is 19.4 Å². The third kappa shape index (κ3) is 6.80. The normalized spacial score (nSPS) is 13.6. The number of carbonyl (C=O) groups is 1. The van der Waals surface area contributed by atoms with Crippen molar-refractivity contribution in [1.29, 1.82) is 0 Å². The van der Waals surface area contributed by atoms with E-state index < -0.39 is 6.04 Å². The third-order valence-electron chi connectivity index (χ3n) is 2.30. The molecule has 0 saturated carbocycles. The van der Waals surface area contributed by atoms with Crippen LogP contribution in [0.2, 0.25) is 0 Å². The van der Waals surface area contributed by atoms with E-state index in [1.807, 2.05) is 20.8 Å². The fraction of sp³-hybridized carbons (Fsp3) is 0.917. The van der Waals surface area contributed by atoms with E-state index in [-0.39, 0.29) is 18.0 Å². The van der Waals surface area contributed by atoms with E-state index in [4.69, 9.17) is 15.2 Å². The van der Waals surface area contributed by atoms with Crippen LogP contribution in [-0.2, 0) is 14.3 Å². The molecule has 2 N–H and O–H groups in total. The maximum absolute atomic E-state index is 11.5. The Hall–Kier alpha value is -0.610. The van der Waals surface area contributed by atoms with Gasteiger partial charge in [0.2, 0.25) is 0 Å². The Kier molecular flexibility index (Phi) is 7.34. The molecule has 0 radical (unpaired) electrons. The van der Waals surface area contributed by atoms with Crippen LogP contribution >= 0.6 is 0 Å². The van der Waals surface area contributed by atoms with Gasteiger partial charge in [-0.3, -0.25) is 4.79 Å². The zero-order chi connectivity index (χ0) is 12.6. The summed E-state index contributed by atoms with van der Waals surface area (Å²) in [6.07, 6.45) is 2.14. The van der Waals surface area contributed by atoms with Gasteiger partial charge >= 0.3 is 5.97 Å². The van der Waals surface area contributed by atoms with Crippen LogP contribution in [0.25, 0.3) is 0 Å². The first-order valence-corrected chi connectivity index (χ1v) is 5.89. The summed E-state index contributed by atoms with van der Waals surface area (Å²) in [5.41, 5.74) is 5.48. The van der Waals surface area contributed by atoms with E-state index in [2.05, 4.69) is 6.92 Å². The second-order valence-corrected chi connectivity index (χ2v) is 4.98. The Bertz CT molecular complexity index is 199. The van der Waals surface area contributed by atoms with Gasteiger partial charge in [0.1, 0.15) is 12.6 Å². The maximum atomic E-state index is 11.5. The molecule has 0 spiro atoms. The van der Waals surface area contributed by atoms with Crippen molar-refractivity contribution in [2.24, 2.45) is 11.1 Å². The molecule has 0 saturated heterocycles. The number of nitrogens with two attached hydrogens (primary N) is 1. The predicted molar refractivity (Wildman–Crippen MR) is 64.1 cm³/mol. The summed E-state index contributed by atoms with van der Waals surface area (Å²) in [4.78, 5) is 11.5. The zero-order valence-electron chi connectivity index (χ0n) is 10.9. The van der Waals surface area contributed by atoms with Gasteiger partial charge in [0.15, 0.2) is 0 Å². The van der Waals surface area contributed by atoms with E-state index >= 15 is 0 Å². The number of ether oxygens (including phenoxy) is 2. The first-order valence-electron chi connectivity index (χ1n) is 5.89. The topological polar surface area (TPSA) is 61.5 Å². The monoisotopic (exact) mass is 231 g/mol. The fourth-order valence-corrected chi connectivity index (χ4v) is 0.993. The molecule has 0 aliphatic carbocycles. The van der Waals surface area contributed by atoms with Crippen LogP contribution in [0.4, 0.5) is 0 Å². The summed E-state index contributed by atoms with van der Waals surface area (Å²) < 4.78 is 10.3. The highest BCUT2D eigenvalue weighted by atomic mass is 16.6. The average Bonchev–Trinajstić information content (AvgIpc) is 2.20. The highest BCUT2D eigenvalue weighted by molar-refractivity contribution is 5.76. The highest BCUT2D eigenvalue weighted by Gasteiger charge is 2.28. The van der Waals surface area contributed by atoms with Crippen molar-refractivity contribution in [3.05, 3.63) is 0 Å². The molecule has 0 fully saturated rings. The molecule has 0 aromatic heterocycles.